The standard InChI is InChI=1S/C23H27N3O3/c1-15-10-19(18(4)26(15)21-6-8-22(28-5)9-7-21)11-20(12-24)23(27)25-13-16(2)29-17(3)14-25/h6-11,16-17H,13-14H2,1-5H3/b20-11+. The molecule has 1 aromatic heterocycles. The van der Waals surface area contributed by atoms with E-state index < -0.39 is 0 Å². The van der Waals surface area contributed by atoms with E-state index in [1.807, 2.05) is 58.0 Å². The van der Waals surface area contributed by atoms with Gasteiger partial charge in [-0.3, -0.25) is 4.79 Å². The zero-order valence-electron chi connectivity index (χ0n) is 17.6. The Balaban J connectivity index is 1.92. The number of hydrogen-bond donors (Lipinski definition) is 0. The first-order valence-electron chi connectivity index (χ1n) is 9.74. The number of aromatic nitrogens is 1. The lowest BCUT2D eigenvalue weighted by Crippen LogP contribution is -2.48. The van der Waals surface area contributed by atoms with E-state index in [1.165, 1.54) is 0 Å². The van der Waals surface area contributed by atoms with E-state index >= 15 is 0 Å². The summed E-state index contributed by atoms with van der Waals surface area (Å²) in [5.74, 6) is 0.548. The number of methoxy groups -OCH3 is 1. The van der Waals surface area contributed by atoms with E-state index in [9.17, 15) is 10.1 Å². The number of hydrogen-bond acceptors (Lipinski definition) is 4. The molecule has 152 valence electrons. The molecule has 1 saturated heterocycles. The van der Waals surface area contributed by atoms with Crippen LogP contribution >= 0.6 is 0 Å². The van der Waals surface area contributed by atoms with Crippen molar-refractivity contribution in [2.24, 2.45) is 0 Å². The number of amides is 1. The van der Waals surface area contributed by atoms with Crippen LogP contribution in [0, 0.1) is 25.2 Å². The molecule has 29 heavy (non-hydrogen) atoms. The first-order chi connectivity index (χ1) is 13.8. The van der Waals surface area contributed by atoms with Gasteiger partial charge in [0.25, 0.3) is 5.91 Å². The second-order valence-electron chi connectivity index (χ2n) is 7.50. The third-order valence-corrected chi connectivity index (χ3v) is 5.16. The lowest BCUT2D eigenvalue weighted by Gasteiger charge is -2.35. The molecule has 1 amide bonds. The van der Waals surface area contributed by atoms with E-state index in [1.54, 1.807) is 18.1 Å². The van der Waals surface area contributed by atoms with Crippen LogP contribution in [0.25, 0.3) is 11.8 Å². The summed E-state index contributed by atoms with van der Waals surface area (Å²) in [7, 11) is 1.64. The molecule has 3 rings (SSSR count). The van der Waals surface area contributed by atoms with E-state index in [0.29, 0.717) is 13.1 Å². The molecule has 0 bridgehead atoms. The number of benzene rings is 1. The van der Waals surface area contributed by atoms with Gasteiger partial charge in [-0.2, -0.15) is 5.26 Å². The summed E-state index contributed by atoms with van der Waals surface area (Å²) >= 11 is 0. The normalized spacial score (nSPS) is 19.7. The molecule has 0 radical (unpaired) electrons. The van der Waals surface area contributed by atoms with Crippen LogP contribution in [0.15, 0.2) is 35.9 Å². The summed E-state index contributed by atoms with van der Waals surface area (Å²) in [5, 5.41) is 9.64. The average molecular weight is 393 g/mol. The van der Waals surface area contributed by atoms with Crippen LogP contribution in [0.3, 0.4) is 0 Å². The lowest BCUT2D eigenvalue weighted by molar-refractivity contribution is -0.138. The van der Waals surface area contributed by atoms with E-state index in [-0.39, 0.29) is 23.7 Å². The fourth-order valence-corrected chi connectivity index (χ4v) is 3.87. The SMILES string of the molecule is COc1ccc(-n2c(C)cc(/C=C(\C#N)C(=O)N3CC(C)OC(C)C3)c2C)cc1. The Bertz CT molecular complexity index is 956. The van der Waals surface area contributed by atoms with Gasteiger partial charge in [0.1, 0.15) is 17.4 Å². The second-order valence-corrected chi connectivity index (χ2v) is 7.50. The first kappa shape index (κ1) is 20.7. The van der Waals surface area contributed by atoms with Gasteiger partial charge in [-0.25, -0.2) is 0 Å². The van der Waals surface area contributed by atoms with E-state index in [0.717, 1.165) is 28.4 Å². The zero-order valence-corrected chi connectivity index (χ0v) is 17.6. The summed E-state index contributed by atoms with van der Waals surface area (Å²) in [6.45, 7) is 8.86. The minimum absolute atomic E-state index is 0.0391. The van der Waals surface area contributed by atoms with Crippen molar-refractivity contribution in [2.45, 2.75) is 39.9 Å². The van der Waals surface area contributed by atoms with Gasteiger partial charge in [-0.15, -0.1) is 0 Å². The fraction of sp³-hybridized carbons (Fsp3) is 0.391. The summed E-state index contributed by atoms with van der Waals surface area (Å²) in [6.07, 6.45) is 1.61. The molecule has 2 atom stereocenters. The third-order valence-electron chi connectivity index (χ3n) is 5.16. The summed E-state index contributed by atoms with van der Waals surface area (Å²) in [4.78, 5) is 14.6. The number of ether oxygens (including phenoxy) is 2. The molecule has 2 heterocycles. The summed E-state index contributed by atoms with van der Waals surface area (Å²) < 4.78 is 13.0. The molecular weight excluding hydrogens is 366 g/mol. The third kappa shape index (κ3) is 4.36. The predicted molar refractivity (Wildman–Crippen MR) is 112 cm³/mol. The monoisotopic (exact) mass is 393 g/mol. The molecule has 6 heteroatoms. The van der Waals surface area contributed by atoms with Crippen molar-refractivity contribution in [1.82, 2.24) is 9.47 Å². The molecule has 1 aromatic carbocycles. The molecule has 2 unspecified atom stereocenters. The highest BCUT2D eigenvalue weighted by molar-refractivity contribution is 6.02. The molecule has 2 aromatic rings. The van der Waals surface area contributed by atoms with Crippen molar-refractivity contribution in [2.75, 3.05) is 20.2 Å². The number of nitriles is 1. The summed E-state index contributed by atoms with van der Waals surface area (Å²) in [6, 6.07) is 11.9. The highest BCUT2D eigenvalue weighted by atomic mass is 16.5. The molecular formula is C23H27N3O3. The van der Waals surface area contributed by atoms with Crippen LogP contribution in [0.4, 0.5) is 0 Å². The van der Waals surface area contributed by atoms with Crippen molar-refractivity contribution >= 4 is 12.0 Å². The van der Waals surface area contributed by atoms with Gasteiger partial charge in [0.2, 0.25) is 0 Å². The maximum atomic E-state index is 12.9. The van der Waals surface area contributed by atoms with Crippen molar-refractivity contribution < 1.29 is 14.3 Å². The van der Waals surface area contributed by atoms with E-state index in [4.69, 9.17) is 9.47 Å². The zero-order chi connectivity index (χ0) is 21.1. The summed E-state index contributed by atoms with van der Waals surface area (Å²) in [5.41, 5.74) is 3.99. The lowest BCUT2D eigenvalue weighted by atomic mass is 10.1. The largest absolute Gasteiger partial charge is 0.497 e. The smallest absolute Gasteiger partial charge is 0.264 e. The predicted octanol–water partition coefficient (Wildman–Crippen LogP) is 3.65. The van der Waals surface area contributed by atoms with Crippen LogP contribution in [0.5, 0.6) is 5.75 Å². The average Bonchev–Trinajstić information content (AvgIpc) is 2.98. The molecule has 1 aliphatic heterocycles. The van der Waals surface area contributed by atoms with Crippen molar-refractivity contribution in [3.05, 3.63) is 52.9 Å². The van der Waals surface area contributed by atoms with Gasteiger partial charge in [0.15, 0.2) is 0 Å². The number of nitrogens with zero attached hydrogens (tertiary/aromatic N) is 3. The number of rotatable bonds is 4. The second kappa shape index (κ2) is 8.54. The van der Waals surface area contributed by atoms with E-state index in [2.05, 4.69) is 10.6 Å². The van der Waals surface area contributed by atoms with Crippen molar-refractivity contribution in [3.63, 3.8) is 0 Å². The van der Waals surface area contributed by atoms with Crippen LogP contribution < -0.4 is 4.74 Å². The Morgan fingerprint density at radius 2 is 1.83 bits per heavy atom. The maximum absolute atomic E-state index is 12.9. The number of aryl methyl sites for hydroxylation is 1. The minimum atomic E-state index is -0.247. The Morgan fingerprint density at radius 3 is 2.38 bits per heavy atom. The van der Waals surface area contributed by atoms with Crippen LogP contribution in [-0.4, -0.2) is 47.8 Å². The van der Waals surface area contributed by atoms with Crippen LogP contribution in [0.2, 0.25) is 0 Å². The Morgan fingerprint density at radius 1 is 1.21 bits per heavy atom. The highest BCUT2D eigenvalue weighted by Crippen LogP contribution is 2.25. The Hall–Kier alpha value is -3.04. The first-order valence-corrected chi connectivity index (χ1v) is 9.74. The molecule has 0 N–H and O–H groups in total. The Labute approximate surface area is 171 Å². The number of morpholine rings is 1. The maximum Gasteiger partial charge on any atom is 0.264 e. The van der Waals surface area contributed by atoms with Gasteiger partial charge in [-0.05, 0) is 69.7 Å². The van der Waals surface area contributed by atoms with Crippen LogP contribution in [-0.2, 0) is 9.53 Å². The van der Waals surface area contributed by atoms with Gasteiger partial charge in [0, 0.05) is 30.2 Å². The topological polar surface area (TPSA) is 67.5 Å². The van der Waals surface area contributed by atoms with Gasteiger partial charge in [-0.1, -0.05) is 0 Å². The molecule has 6 nitrogen and oxygen atoms in total. The molecule has 1 fully saturated rings. The number of carbonyl (C=O) groups is 1. The number of carbonyl (C=O) groups excluding carboxylic acids is 1. The molecule has 0 aliphatic carbocycles. The minimum Gasteiger partial charge on any atom is -0.497 e. The Kier molecular flexibility index (Phi) is 6.09. The van der Waals surface area contributed by atoms with Gasteiger partial charge < -0.3 is 18.9 Å². The molecule has 1 aliphatic rings. The van der Waals surface area contributed by atoms with Gasteiger partial charge in [0.05, 0.1) is 19.3 Å². The van der Waals surface area contributed by atoms with Gasteiger partial charge >= 0.3 is 0 Å². The van der Waals surface area contributed by atoms with Crippen molar-refractivity contribution in [1.29, 1.82) is 5.26 Å². The quantitative estimate of drug-likeness (QED) is 0.587. The molecule has 0 spiro atoms. The molecule has 0 saturated carbocycles. The van der Waals surface area contributed by atoms with Crippen molar-refractivity contribution in [3.8, 4) is 17.5 Å². The fourth-order valence-electron chi connectivity index (χ4n) is 3.87. The van der Waals surface area contributed by atoms with Crippen LogP contribution in [0.1, 0.15) is 30.8 Å². The highest BCUT2D eigenvalue weighted by Gasteiger charge is 2.28.